The molecule has 4 radical (unpaired) electrons. The van der Waals surface area contributed by atoms with Crippen LogP contribution in [0.3, 0.4) is 0 Å². The summed E-state index contributed by atoms with van der Waals surface area (Å²) < 4.78 is 0. The van der Waals surface area contributed by atoms with E-state index in [4.69, 9.17) is 15.7 Å². The van der Waals surface area contributed by atoms with Crippen molar-refractivity contribution in [2.75, 3.05) is 14.1 Å². The number of likely N-dealkylation sites (N-methyl/N-ethyl adjacent to an activating group) is 1. The van der Waals surface area contributed by atoms with Crippen LogP contribution in [0.2, 0.25) is 0 Å². The fourth-order valence-electron chi connectivity index (χ4n) is 1.74. The van der Waals surface area contributed by atoms with Gasteiger partial charge in [-0.1, -0.05) is 18.2 Å². The smallest absolute Gasteiger partial charge is 0.0828 e. The minimum Gasteiger partial charge on any atom is -0.361 e. The second-order valence-corrected chi connectivity index (χ2v) is 4.42. The molecule has 1 aromatic carbocycles. The molecule has 0 amide bonds. The largest absolute Gasteiger partial charge is 0.361 e. The molecule has 0 spiro atoms. The summed E-state index contributed by atoms with van der Waals surface area (Å²) in [5, 5.41) is 0.370. The van der Waals surface area contributed by atoms with E-state index in [1.165, 1.54) is 5.39 Å². The van der Waals surface area contributed by atoms with Gasteiger partial charge in [0.1, 0.15) is 0 Å². The average Bonchev–Trinajstić information content (AvgIpc) is 2.61. The van der Waals surface area contributed by atoms with E-state index in [9.17, 15) is 0 Å². The van der Waals surface area contributed by atoms with Crippen molar-refractivity contribution in [2.45, 2.75) is 11.8 Å². The third-order valence-corrected chi connectivity index (χ3v) is 2.98. The Morgan fingerprint density at radius 3 is 2.62 bits per heavy atom. The van der Waals surface area contributed by atoms with Gasteiger partial charge in [-0.15, -0.1) is 0 Å². The molecule has 78 valence electrons. The second kappa shape index (κ2) is 4.02. The fourth-order valence-corrected chi connectivity index (χ4v) is 1.74. The second-order valence-electron chi connectivity index (χ2n) is 4.42. The molecule has 1 aromatic heterocycles. The van der Waals surface area contributed by atoms with Crippen LogP contribution in [0.15, 0.2) is 30.5 Å². The number of hydrogen-bond donors (Lipinski definition) is 1. The summed E-state index contributed by atoms with van der Waals surface area (Å²) in [5.41, 5.74) is 2.27. The van der Waals surface area contributed by atoms with E-state index >= 15 is 0 Å². The summed E-state index contributed by atoms with van der Waals surface area (Å²) in [4.78, 5) is 5.05. The molecule has 0 bridgehead atoms. The zero-order chi connectivity index (χ0) is 11.8. The molecule has 0 saturated heterocycles. The minimum atomic E-state index is -0.815. The molecule has 0 aliphatic rings. The lowest BCUT2D eigenvalue weighted by Crippen LogP contribution is -2.47. The van der Waals surface area contributed by atoms with Crippen molar-refractivity contribution in [1.29, 1.82) is 0 Å². The van der Waals surface area contributed by atoms with Crippen molar-refractivity contribution in [3.63, 3.8) is 0 Å². The number of benzene rings is 1. The van der Waals surface area contributed by atoms with Crippen LogP contribution >= 0.6 is 0 Å². The molecule has 1 heterocycles. The fraction of sp³-hybridized carbons (Fsp3) is 0.333. The van der Waals surface area contributed by atoms with Crippen molar-refractivity contribution in [3.05, 3.63) is 36.0 Å². The first-order valence-electron chi connectivity index (χ1n) is 5.31. The van der Waals surface area contributed by atoms with Crippen LogP contribution in [0.25, 0.3) is 10.9 Å². The summed E-state index contributed by atoms with van der Waals surface area (Å²) in [6.07, 6.45) is 2.59. The SMILES string of the molecule is [B]C([B])(Cc1c[nH]c2ccccc12)N(C)C. The third kappa shape index (κ3) is 2.03. The van der Waals surface area contributed by atoms with E-state index in [2.05, 4.69) is 11.1 Å². The Morgan fingerprint density at radius 1 is 1.25 bits per heavy atom. The van der Waals surface area contributed by atoms with Gasteiger partial charge in [-0.25, -0.2) is 0 Å². The Balaban J connectivity index is 2.35. The van der Waals surface area contributed by atoms with Gasteiger partial charge >= 0.3 is 0 Å². The lowest BCUT2D eigenvalue weighted by Gasteiger charge is -2.33. The van der Waals surface area contributed by atoms with Crippen LogP contribution in [0, 0.1) is 0 Å². The first-order chi connectivity index (χ1) is 7.50. The molecule has 1 N–H and O–H groups in total. The minimum absolute atomic E-state index is 0.615. The van der Waals surface area contributed by atoms with Crippen molar-refractivity contribution >= 4 is 26.6 Å². The van der Waals surface area contributed by atoms with Crippen LogP contribution in [-0.4, -0.2) is 45.0 Å². The van der Waals surface area contributed by atoms with Gasteiger partial charge in [-0.05, 0) is 37.5 Å². The standard InChI is InChI=1S/C12H14B2N2/c1-16(2)12(13,14)7-9-8-15-11-6-4-3-5-10(9)11/h3-6,8,15H,7H2,1-2H3. The molecule has 0 atom stereocenters. The van der Waals surface area contributed by atoms with E-state index < -0.39 is 5.34 Å². The number of rotatable bonds is 3. The Kier molecular flexibility index (Phi) is 2.85. The van der Waals surface area contributed by atoms with E-state index in [1.807, 2.05) is 43.4 Å². The van der Waals surface area contributed by atoms with Gasteiger partial charge in [-0.2, -0.15) is 0 Å². The summed E-state index contributed by atoms with van der Waals surface area (Å²) >= 11 is 0. The first kappa shape index (κ1) is 11.3. The summed E-state index contributed by atoms with van der Waals surface area (Å²) in [7, 11) is 15.8. The molecule has 16 heavy (non-hydrogen) atoms. The quantitative estimate of drug-likeness (QED) is 0.752. The Morgan fingerprint density at radius 2 is 1.94 bits per heavy atom. The lowest BCUT2D eigenvalue weighted by atomic mass is 9.58. The van der Waals surface area contributed by atoms with Gasteiger partial charge in [0.05, 0.1) is 15.7 Å². The maximum atomic E-state index is 6.03. The molecule has 2 aromatic rings. The summed E-state index contributed by atoms with van der Waals surface area (Å²) in [5.74, 6) is 0. The number of nitrogens with one attached hydrogen (secondary N) is 1. The molecule has 0 aliphatic heterocycles. The topological polar surface area (TPSA) is 19.0 Å². The number of fused-ring (bicyclic) bond motifs is 1. The van der Waals surface area contributed by atoms with Gasteiger partial charge < -0.3 is 9.88 Å². The Bertz CT molecular complexity index is 488. The van der Waals surface area contributed by atoms with Crippen LogP contribution in [0.1, 0.15) is 5.56 Å². The number of para-hydroxylation sites is 1. The number of nitrogens with zero attached hydrogens (tertiary/aromatic N) is 1. The van der Waals surface area contributed by atoms with E-state index in [0.29, 0.717) is 6.42 Å². The molecule has 0 saturated carbocycles. The van der Waals surface area contributed by atoms with Gasteiger partial charge in [0.2, 0.25) is 0 Å². The third-order valence-electron chi connectivity index (χ3n) is 2.98. The molecule has 4 heteroatoms. The van der Waals surface area contributed by atoms with Gasteiger partial charge in [-0.3, -0.25) is 0 Å². The highest BCUT2D eigenvalue weighted by Gasteiger charge is 2.21. The monoisotopic (exact) mass is 208 g/mol. The molecule has 0 aliphatic carbocycles. The lowest BCUT2D eigenvalue weighted by molar-refractivity contribution is 0.334. The van der Waals surface area contributed by atoms with E-state index in [0.717, 1.165) is 11.1 Å². The number of aromatic amines is 1. The van der Waals surface area contributed by atoms with Gasteiger partial charge in [0.25, 0.3) is 0 Å². The van der Waals surface area contributed by atoms with Gasteiger partial charge in [0.15, 0.2) is 0 Å². The van der Waals surface area contributed by atoms with Crippen LogP contribution < -0.4 is 0 Å². The first-order valence-corrected chi connectivity index (χ1v) is 5.31. The molecular weight excluding hydrogens is 194 g/mol. The van der Waals surface area contributed by atoms with Crippen molar-refractivity contribution < 1.29 is 0 Å². The predicted octanol–water partition coefficient (Wildman–Crippen LogP) is 1.26. The highest BCUT2D eigenvalue weighted by Crippen LogP contribution is 2.21. The number of H-pyrrole nitrogens is 1. The molecule has 0 unspecified atom stereocenters. The van der Waals surface area contributed by atoms with Crippen molar-refractivity contribution in [3.8, 4) is 0 Å². The molecule has 2 rings (SSSR count). The van der Waals surface area contributed by atoms with Crippen LogP contribution in [0.4, 0.5) is 0 Å². The van der Waals surface area contributed by atoms with Crippen molar-refractivity contribution in [2.24, 2.45) is 0 Å². The summed E-state index contributed by atoms with van der Waals surface area (Å²) in [6.45, 7) is 0. The normalized spacial score (nSPS) is 12.4. The average molecular weight is 208 g/mol. The maximum Gasteiger partial charge on any atom is 0.0828 e. The maximum absolute atomic E-state index is 6.03. The number of aromatic nitrogens is 1. The molecule has 0 fully saturated rings. The Labute approximate surface area is 98.8 Å². The Hall–Kier alpha value is -1.15. The van der Waals surface area contributed by atoms with E-state index in [-0.39, 0.29) is 0 Å². The van der Waals surface area contributed by atoms with Crippen LogP contribution in [0.5, 0.6) is 0 Å². The highest BCUT2D eigenvalue weighted by atomic mass is 15.1. The van der Waals surface area contributed by atoms with Gasteiger partial charge in [0, 0.05) is 17.1 Å². The predicted molar refractivity (Wildman–Crippen MR) is 69.9 cm³/mol. The molecule has 2 nitrogen and oxygen atoms in total. The zero-order valence-electron chi connectivity index (χ0n) is 9.70. The van der Waals surface area contributed by atoms with Crippen LogP contribution in [-0.2, 0) is 6.42 Å². The van der Waals surface area contributed by atoms with E-state index in [1.54, 1.807) is 0 Å². The number of hydrogen-bond acceptors (Lipinski definition) is 1. The summed E-state index contributed by atoms with van der Waals surface area (Å²) in [6, 6.07) is 8.15. The molecular formula is C12H14B2N2. The highest BCUT2D eigenvalue weighted by molar-refractivity contribution is 6.40. The van der Waals surface area contributed by atoms with Crippen molar-refractivity contribution in [1.82, 2.24) is 9.88 Å². The zero-order valence-corrected chi connectivity index (χ0v) is 9.70.